The molecular formula is C19H18F3NO. The number of halogens is 3. The Labute approximate surface area is 138 Å². The first-order chi connectivity index (χ1) is 11.5. The summed E-state index contributed by atoms with van der Waals surface area (Å²) in [6, 6.07) is 13.0. The van der Waals surface area contributed by atoms with E-state index in [0.717, 1.165) is 49.5 Å². The van der Waals surface area contributed by atoms with Crippen molar-refractivity contribution in [3.8, 4) is 0 Å². The molecule has 2 aromatic rings. The number of aldehydes is 1. The highest BCUT2D eigenvalue weighted by atomic mass is 19.4. The number of para-hydroxylation sites is 1. The first-order valence-corrected chi connectivity index (χ1v) is 7.95. The van der Waals surface area contributed by atoms with Crippen LogP contribution in [0.5, 0.6) is 0 Å². The van der Waals surface area contributed by atoms with E-state index in [1.54, 1.807) is 12.1 Å². The van der Waals surface area contributed by atoms with E-state index in [1.807, 2.05) is 18.2 Å². The summed E-state index contributed by atoms with van der Waals surface area (Å²) in [5.74, 6) is 0.118. The summed E-state index contributed by atoms with van der Waals surface area (Å²) in [4.78, 5) is 13.3. The van der Waals surface area contributed by atoms with Crippen molar-refractivity contribution >= 4 is 12.0 Å². The summed E-state index contributed by atoms with van der Waals surface area (Å²) >= 11 is 0. The van der Waals surface area contributed by atoms with Crippen molar-refractivity contribution in [1.29, 1.82) is 0 Å². The van der Waals surface area contributed by atoms with Gasteiger partial charge in [0.25, 0.3) is 0 Å². The van der Waals surface area contributed by atoms with Crippen molar-refractivity contribution in [1.82, 2.24) is 0 Å². The lowest BCUT2D eigenvalue weighted by Gasteiger charge is -2.34. The van der Waals surface area contributed by atoms with E-state index in [0.29, 0.717) is 5.56 Å². The van der Waals surface area contributed by atoms with E-state index in [1.165, 1.54) is 12.1 Å². The lowest BCUT2D eigenvalue weighted by molar-refractivity contribution is -0.137. The molecule has 0 unspecified atom stereocenters. The molecule has 1 aliphatic rings. The van der Waals surface area contributed by atoms with Gasteiger partial charge in [0.15, 0.2) is 6.29 Å². The molecule has 0 aromatic heterocycles. The predicted octanol–water partition coefficient (Wildman–Crippen LogP) is 4.90. The second-order valence-electron chi connectivity index (χ2n) is 6.06. The van der Waals surface area contributed by atoms with E-state index in [9.17, 15) is 18.0 Å². The summed E-state index contributed by atoms with van der Waals surface area (Å²) < 4.78 is 38.6. The molecule has 24 heavy (non-hydrogen) atoms. The number of nitrogens with zero attached hydrogens (tertiary/aromatic N) is 1. The Morgan fingerprint density at radius 3 is 2.38 bits per heavy atom. The summed E-state index contributed by atoms with van der Waals surface area (Å²) in [5, 5.41) is 0. The number of carbonyl (C=O) groups excluding carboxylic acids is 1. The molecule has 0 spiro atoms. The summed E-state index contributed by atoms with van der Waals surface area (Å²) in [6.45, 7) is 1.46. The van der Waals surface area contributed by atoms with Crippen molar-refractivity contribution in [2.45, 2.75) is 24.9 Å². The van der Waals surface area contributed by atoms with Gasteiger partial charge in [-0.2, -0.15) is 13.2 Å². The maximum Gasteiger partial charge on any atom is 0.416 e. The molecule has 0 bridgehead atoms. The molecule has 0 atom stereocenters. The molecule has 5 heteroatoms. The fraction of sp³-hybridized carbons (Fsp3) is 0.316. The first-order valence-electron chi connectivity index (χ1n) is 7.95. The van der Waals surface area contributed by atoms with Crippen LogP contribution in [0.15, 0.2) is 48.5 Å². The van der Waals surface area contributed by atoms with Gasteiger partial charge in [0, 0.05) is 24.3 Å². The third kappa shape index (κ3) is 3.45. The summed E-state index contributed by atoms with van der Waals surface area (Å²) in [5.41, 5.74) is 1.70. The van der Waals surface area contributed by atoms with E-state index < -0.39 is 11.7 Å². The number of hydrogen-bond donors (Lipinski definition) is 0. The van der Waals surface area contributed by atoms with Gasteiger partial charge in [-0.3, -0.25) is 4.79 Å². The standard InChI is InChI=1S/C19H18F3NO/c20-19(21,22)17-6-3-5-15(12-17)14-8-10-23(11-9-14)18-7-2-1-4-16(18)13-24/h1-7,12-14H,8-11H2. The minimum Gasteiger partial charge on any atom is -0.371 e. The van der Waals surface area contributed by atoms with Crippen molar-refractivity contribution in [2.24, 2.45) is 0 Å². The van der Waals surface area contributed by atoms with Gasteiger partial charge >= 0.3 is 6.18 Å². The Morgan fingerprint density at radius 2 is 1.71 bits per heavy atom. The van der Waals surface area contributed by atoms with Crippen molar-refractivity contribution in [3.05, 3.63) is 65.2 Å². The number of benzene rings is 2. The molecule has 1 fully saturated rings. The van der Waals surface area contributed by atoms with E-state index in [-0.39, 0.29) is 5.92 Å². The SMILES string of the molecule is O=Cc1ccccc1N1CCC(c2cccc(C(F)(F)F)c2)CC1. The number of carbonyl (C=O) groups is 1. The van der Waals surface area contributed by atoms with E-state index in [4.69, 9.17) is 0 Å². The molecule has 1 saturated heterocycles. The average molecular weight is 333 g/mol. The highest BCUT2D eigenvalue weighted by Gasteiger charge is 2.31. The third-order valence-corrected chi connectivity index (χ3v) is 4.58. The van der Waals surface area contributed by atoms with Gasteiger partial charge in [-0.25, -0.2) is 0 Å². The summed E-state index contributed by atoms with van der Waals surface area (Å²) in [7, 11) is 0. The number of piperidine rings is 1. The van der Waals surface area contributed by atoms with Crippen LogP contribution in [0.3, 0.4) is 0 Å². The maximum atomic E-state index is 12.9. The van der Waals surface area contributed by atoms with Crippen LogP contribution >= 0.6 is 0 Å². The largest absolute Gasteiger partial charge is 0.416 e. The minimum absolute atomic E-state index is 0.118. The lowest BCUT2D eigenvalue weighted by atomic mass is 9.88. The zero-order valence-electron chi connectivity index (χ0n) is 13.1. The Hall–Kier alpha value is -2.30. The van der Waals surface area contributed by atoms with Crippen molar-refractivity contribution in [2.75, 3.05) is 18.0 Å². The topological polar surface area (TPSA) is 20.3 Å². The zero-order valence-corrected chi connectivity index (χ0v) is 13.1. The molecule has 2 aromatic carbocycles. The third-order valence-electron chi connectivity index (χ3n) is 4.58. The van der Waals surface area contributed by atoms with Crippen LogP contribution < -0.4 is 4.90 Å². The molecule has 0 saturated carbocycles. The molecule has 1 heterocycles. The monoisotopic (exact) mass is 333 g/mol. The first kappa shape index (κ1) is 16.6. The van der Waals surface area contributed by atoms with Crippen LogP contribution in [0, 0.1) is 0 Å². The van der Waals surface area contributed by atoms with Gasteiger partial charge in [0.2, 0.25) is 0 Å². The normalized spacial score (nSPS) is 16.2. The van der Waals surface area contributed by atoms with Crippen molar-refractivity contribution in [3.63, 3.8) is 0 Å². The number of hydrogen-bond acceptors (Lipinski definition) is 2. The van der Waals surface area contributed by atoms with Gasteiger partial charge in [0.05, 0.1) is 5.56 Å². The molecule has 0 amide bonds. The Balaban J connectivity index is 1.73. The van der Waals surface area contributed by atoms with Crippen molar-refractivity contribution < 1.29 is 18.0 Å². The highest BCUT2D eigenvalue weighted by Crippen LogP contribution is 2.35. The molecule has 0 aliphatic carbocycles. The molecule has 126 valence electrons. The van der Waals surface area contributed by atoms with Gasteiger partial charge in [-0.1, -0.05) is 30.3 Å². The van der Waals surface area contributed by atoms with Crippen LogP contribution in [0.4, 0.5) is 18.9 Å². The molecule has 1 aliphatic heterocycles. The molecule has 0 radical (unpaired) electrons. The molecular weight excluding hydrogens is 315 g/mol. The van der Waals surface area contributed by atoms with E-state index in [2.05, 4.69) is 4.90 Å². The Morgan fingerprint density at radius 1 is 1.00 bits per heavy atom. The number of rotatable bonds is 3. The summed E-state index contributed by atoms with van der Waals surface area (Å²) in [6.07, 6.45) is -1.92. The fourth-order valence-corrected chi connectivity index (χ4v) is 3.30. The highest BCUT2D eigenvalue weighted by molar-refractivity contribution is 5.84. The molecule has 3 rings (SSSR count). The van der Waals surface area contributed by atoms with E-state index >= 15 is 0 Å². The van der Waals surface area contributed by atoms with Gasteiger partial charge < -0.3 is 4.90 Å². The number of alkyl halides is 3. The smallest absolute Gasteiger partial charge is 0.371 e. The fourth-order valence-electron chi connectivity index (χ4n) is 3.30. The van der Waals surface area contributed by atoms with Gasteiger partial charge in [0.1, 0.15) is 0 Å². The quantitative estimate of drug-likeness (QED) is 0.745. The second kappa shape index (κ2) is 6.67. The molecule has 0 N–H and O–H groups in total. The minimum atomic E-state index is -4.31. The molecule has 2 nitrogen and oxygen atoms in total. The Kier molecular flexibility index (Phi) is 4.60. The Bertz CT molecular complexity index is 719. The van der Waals surface area contributed by atoms with Gasteiger partial charge in [-0.15, -0.1) is 0 Å². The van der Waals surface area contributed by atoms with Crippen LogP contribution in [0.25, 0.3) is 0 Å². The maximum absolute atomic E-state index is 12.9. The number of anilines is 1. The van der Waals surface area contributed by atoms with Gasteiger partial charge in [-0.05, 0) is 42.5 Å². The van der Waals surface area contributed by atoms with Crippen LogP contribution in [0.2, 0.25) is 0 Å². The lowest BCUT2D eigenvalue weighted by Crippen LogP contribution is -2.33. The van der Waals surface area contributed by atoms with Crippen LogP contribution in [-0.2, 0) is 6.18 Å². The average Bonchev–Trinajstić information content (AvgIpc) is 2.61. The second-order valence-corrected chi connectivity index (χ2v) is 6.06. The predicted molar refractivity (Wildman–Crippen MR) is 87.5 cm³/mol. The van der Waals surface area contributed by atoms with Crippen LogP contribution in [0.1, 0.15) is 40.2 Å². The zero-order chi connectivity index (χ0) is 17.2. The van der Waals surface area contributed by atoms with Crippen LogP contribution in [-0.4, -0.2) is 19.4 Å².